The molecule has 1 amide bonds. The van der Waals surface area contributed by atoms with Crippen LogP contribution in [0.5, 0.6) is 11.5 Å². The number of hydrogen-bond acceptors (Lipinski definition) is 4. The zero-order chi connectivity index (χ0) is 15.8. The molecule has 1 unspecified atom stereocenters. The second kappa shape index (κ2) is 8.52. The third kappa shape index (κ3) is 4.93. The summed E-state index contributed by atoms with van der Waals surface area (Å²) in [7, 11) is 3.14. The van der Waals surface area contributed by atoms with E-state index in [0.717, 1.165) is 13.1 Å². The number of carbonyl (C=O) groups excluding carboxylic acids is 1. The average molecular weight is 294 g/mol. The number of benzene rings is 1. The second-order valence-electron chi connectivity index (χ2n) is 4.88. The largest absolute Gasteiger partial charge is 0.497 e. The molecule has 0 bridgehead atoms. The summed E-state index contributed by atoms with van der Waals surface area (Å²) in [6.07, 6.45) is 0. The maximum Gasteiger partial charge on any atom is 0.251 e. The van der Waals surface area contributed by atoms with Crippen molar-refractivity contribution in [2.45, 2.75) is 26.8 Å². The second-order valence-corrected chi connectivity index (χ2v) is 4.88. The minimum Gasteiger partial charge on any atom is -0.497 e. The van der Waals surface area contributed by atoms with E-state index in [4.69, 9.17) is 9.47 Å². The summed E-state index contributed by atoms with van der Waals surface area (Å²) in [5.74, 6) is 1.10. The molecule has 0 saturated heterocycles. The van der Waals surface area contributed by atoms with E-state index in [1.807, 2.05) is 0 Å². The Kier molecular flexibility index (Phi) is 7.02. The van der Waals surface area contributed by atoms with Gasteiger partial charge in [-0.15, -0.1) is 0 Å². The van der Waals surface area contributed by atoms with Crippen LogP contribution in [0.25, 0.3) is 0 Å². The number of methoxy groups -OCH3 is 2. The third-order valence-corrected chi connectivity index (χ3v) is 3.61. The van der Waals surface area contributed by atoms with E-state index < -0.39 is 0 Å². The lowest BCUT2D eigenvalue weighted by Crippen LogP contribution is -2.42. The molecule has 1 aromatic carbocycles. The van der Waals surface area contributed by atoms with Crippen molar-refractivity contribution in [1.82, 2.24) is 10.2 Å². The van der Waals surface area contributed by atoms with Gasteiger partial charge in [0.15, 0.2) is 0 Å². The van der Waals surface area contributed by atoms with Crippen LogP contribution in [0.2, 0.25) is 0 Å². The molecule has 5 nitrogen and oxygen atoms in total. The van der Waals surface area contributed by atoms with Crippen molar-refractivity contribution in [3.8, 4) is 11.5 Å². The predicted octanol–water partition coefficient (Wildman–Crippen LogP) is 2.16. The minimum atomic E-state index is -0.119. The highest BCUT2D eigenvalue weighted by atomic mass is 16.5. The fourth-order valence-electron chi connectivity index (χ4n) is 2.26. The van der Waals surface area contributed by atoms with E-state index in [-0.39, 0.29) is 5.91 Å². The highest BCUT2D eigenvalue weighted by Gasteiger charge is 2.13. The number of hydrogen-bond donors (Lipinski definition) is 1. The van der Waals surface area contributed by atoms with Gasteiger partial charge in [-0.25, -0.2) is 0 Å². The first kappa shape index (κ1) is 17.3. The van der Waals surface area contributed by atoms with E-state index in [1.165, 1.54) is 0 Å². The van der Waals surface area contributed by atoms with Gasteiger partial charge in [-0.1, -0.05) is 13.8 Å². The lowest BCUT2D eigenvalue weighted by Gasteiger charge is -2.26. The molecule has 1 aromatic rings. The van der Waals surface area contributed by atoms with Gasteiger partial charge in [0.1, 0.15) is 11.5 Å². The van der Waals surface area contributed by atoms with Gasteiger partial charge in [-0.2, -0.15) is 0 Å². The van der Waals surface area contributed by atoms with Gasteiger partial charge < -0.3 is 14.8 Å². The van der Waals surface area contributed by atoms with Crippen LogP contribution < -0.4 is 14.8 Å². The van der Waals surface area contributed by atoms with Crippen molar-refractivity contribution in [2.24, 2.45) is 0 Å². The Hall–Kier alpha value is -1.75. The molecule has 0 aliphatic heterocycles. The summed E-state index contributed by atoms with van der Waals surface area (Å²) in [6.45, 7) is 8.91. The molecule has 0 spiro atoms. The van der Waals surface area contributed by atoms with E-state index in [2.05, 4.69) is 31.0 Å². The van der Waals surface area contributed by atoms with Gasteiger partial charge in [-0.05, 0) is 32.1 Å². The Morgan fingerprint density at radius 3 is 2.10 bits per heavy atom. The molecule has 0 radical (unpaired) electrons. The van der Waals surface area contributed by atoms with Gasteiger partial charge in [0.05, 0.1) is 14.2 Å². The number of amides is 1. The van der Waals surface area contributed by atoms with Gasteiger partial charge in [0, 0.05) is 24.2 Å². The summed E-state index contributed by atoms with van der Waals surface area (Å²) in [6, 6.07) is 5.46. The summed E-state index contributed by atoms with van der Waals surface area (Å²) >= 11 is 0. The molecule has 0 aliphatic carbocycles. The Labute approximate surface area is 127 Å². The van der Waals surface area contributed by atoms with Crippen LogP contribution in [0, 0.1) is 0 Å². The summed E-state index contributed by atoms with van der Waals surface area (Å²) in [5.41, 5.74) is 0.540. The summed E-state index contributed by atoms with van der Waals surface area (Å²) in [4.78, 5) is 14.5. The van der Waals surface area contributed by atoms with Crippen LogP contribution in [0.3, 0.4) is 0 Å². The van der Waals surface area contributed by atoms with Crippen LogP contribution in [0.1, 0.15) is 31.1 Å². The molecular weight excluding hydrogens is 268 g/mol. The van der Waals surface area contributed by atoms with E-state index in [0.29, 0.717) is 29.6 Å². The lowest BCUT2D eigenvalue weighted by molar-refractivity contribution is 0.0937. The van der Waals surface area contributed by atoms with Crippen LogP contribution >= 0.6 is 0 Å². The topological polar surface area (TPSA) is 50.8 Å². The molecule has 0 aromatic heterocycles. The van der Waals surface area contributed by atoms with Crippen LogP contribution in [-0.2, 0) is 0 Å². The van der Waals surface area contributed by atoms with Gasteiger partial charge >= 0.3 is 0 Å². The average Bonchev–Trinajstić information content (AvgIpc) is 2.52. The molecule has 5 heteroatoms. The molecule has 0 heterocycles. The number of rotatable bonds is 8. The SMILES string of the molecule is CCN(CC)C(C)CNC(=O)c1cc(OC)cc(OC)c1. The van der Waals surface area contributed by atoms with Crippen molar-refractivity contribution in [2.75, 3.05) is 33.9 Å². The van der Waals surface area contributed by atoms with E-state index in [9.17, 15) is 4.79 Å². The number of nitrogens with zero attached hydrogens (tertiary/aromatic N) is 1. The number of carbonyl (C=O) groups is 1. The Balaban J connectivity index is 2.71. The first-order valence-corrected chi connectivity index (χ1v) is 7.30. The molecule has 1 N–H and O–H groups in total. The molecule has 0 aliphatic rings. The van der Waals surface area contributed by atoms with Crippen LogP contribution in [0.4, 0.5) is 0 Å². The summed E-state index contributed by atoms with van der Waals surface area (Å²) in [5, 5.41) is 2.96. The Bertz CT molecular complexity index is 437. The maximum atomic E-state index is 12.2. The van der Waals surface area contributed by atoms with Gasteiger partial charge in [0.2, 0.25) is 0 Å². The number of likely N-dealkylation sites (N-methyl/N-ethyl adjacent to an activating group) is 1. The van der Waals surface area contributed by atoms with Crippen LogP contribution in [-0.4, -0.2) is 50.7 Å². The van der Waals surface area contributed by atoms with Gasteiger partial charge in [-0.3, -0.25) is 9.69 Å². The van der Waals surface area contributed by atoms with Crippen molar-refractivity contribution < 1.29 is 14.3 Å². The molecular formula is C16H26N2O3. The van der Waals surface area contributed by atoms with Crippen LogP contribution in [0.15, 0.2) is 18.2 Å². The standard InChI is InChI=1S/C16H26N2O3/c1-6-18(7-2)12(3)11-17-16(19)13-8-14(20-4)10-15(9-13)21-5/h8-10,12H,6-7,11H2,1-5H3,(H,17,19). The first-order valence-electron chi connectivity index (χ1n) is 7.30. The lowest BCUT2D eigenvalue weighted by atomic mass is 10.1. The normalized spacial score (nSPS) is 12.1. The molecule has 1 rings (SSSR count). The highest BCUT2D eigenvalue weighted by molar-refractivity contribution is 5.95. The quantitative estimate of drug-likeness (QED) is 0.798. The van der Waals surface area contributed by atoms with Crippen molar-refractivity contribution in [3.63, 3.8) is 0 Å². The smallest absolute Gasteiger partial charge is 0.251 e. The van der Waals surface area contributed by atoms with Gasteiger partial charge in [0.25, 0.3) is 5.91 Å². The Morgan fingerprint density at radius 2 is 1.67 bits per heavy atom. The van der Waals surface area contributed by atoms with Crippen molar-refractivity contribution >= 4 is 5.91 Å². The monoisotopic (exact) mass is 294 g/mol. The number of nitrogens with one attached hydrogen (secondary N) is 1. The Morgan fingerprint density at radius 1 is 1.14 bits per heavy atom. The fourth-order valence-corrected chi connectivity index (χ4v) is 2.26. The highest BCUT2D eigenvalue weighted by Crippen LogP contribution is 2.22. The first-order chi connectivity index (χ1) is 10.0. The maximum absolute atomic E-state index is 12.2. The zero-order valence-electron chi connectivity index (χ0n) is 13.6. The third-order valence-electron chi connectivity index (χ3n) is 3.61. The minimum absolute atomic E-state index is 0.119. The van der Waals surface area contributed by atoms with Crippen molar-refractivity contribution in [1.29, 1.82) is 0 Å². The predicted molar refractivity (Wildman–Crippen MR) is 84.3 cm³/mol. The summed E-state index contributed by atoms with van der Waals surface area (Å²) < 4.78 is 10.4. The molecule has 21 heavy (non-hydrogen) atoms. The molecule has 1 atom stereocenters. The fraction of sp³-hybridized carbons (Fsp3) is 0.562. The van der Waals surface area contributed by atoms with E-state index >= 15 is 0 Å². The number of ether oxygens (including phenoxy) is 2. The zero-order valence-corrected chi connectivity index (χ0v) is 13.6. The molecule has 118 valence electrons. The molecule has 0 saturated carbocycles. The van der Waals surface area contributed by atoms with Crippen molar-refractivity contribution in [3.05, 3.63) is 23.8 Å². The molecule has 0 fully saturated rings. The van der Waals surface area contributed by atoms with E-state index in [1.54, 1.807) is 32.4 Å².